The summed E-state index contributed by atoms with van der Waals surface area (Å²) in [5, 5.41) is 14.2. The molecule has 2 aromatic heterocycles. The first-order chi connectivity index (χ1) is 9.13. The van der Waals surface area contributed by atoms with E-state index in [4.69, 9.17) is 0 Å². The molecule has 0 aromatic carbocycles. The normalized spacial score (nSPS) is 11.3. The van der Waals surface area contributed by atoms with E-state index >= 15 is 0 Å². The number of nitrogens with one attached hydrogen (secondary N) is 1. The maximum Gasteiger partial charge on any atom is 0.250 e. The van der Waals surface area contributed by atoms with Crippen molar-refractivity contribution in [3.63, 3.8) is 0 Å². The zero-order valence-electron chi connectivity index (χ0n) is 10.8. The highest BCUT2D eigenvalue weighted by Crippen LogP contribution is 2.18. The average Bonchev–Trinajstić information content (AvgIpc) is 2.97. The van der Waals surface area contributed by atoms with Gasteiger partial charge in [0.1, 0.15) is 5.01 Å². The van der Waals surface area contributed by atoms with Crippen LogP contribution in [0.5, 0.6) is 0 Å². The molecule has 0 aliphatic heterocycles. The number of carbonyl (C=O) groups is 1. The molecule has 2 heterocycles. The van der Waals surface area contributed by atoms with Crippen molar-refractivity contribution in [3.05, 3.63) is 33.5 Å². The van der Waals surface area contributed by atoms with Crippen molar-refractivity contribution < 1.29 is 4.79 Å². The van der Waals surface area contributed by atoms with Gasteiger partial charge in [0.15, 0.2) is 0 Å². The molecule has 0 saturated heterocycles. The van der Waals surface area contributed by atoms with Crippen LogP contribution < -0.4 is 5.32 Å². The predicted octanol–water partition coefficient (Wildman–Crippen LogP) is 3.45. The monoisotopic (exact) mass is 293 g/mol. The smallest absolute Gasteiger partial charge is 0.250 e. The van der Waals surface area contributed by atoms with Crippen molar-refractivity contribution >= 4 is 39.8 Å². The minimum Gasteiger partial charge on any atom is -0.297 e. The average molecular weight is 293 g/mol. The van der Waals surface area contributed by atoms with Crippen molar-refractivity contribution in [2.45, 2.75) is 20.3 Å². The van der Waals surface area contributed by atoms with Gasteiger partial charge in [-0.2, -0.15) is 0 Å². The summed E-state index contributed by atoms with van der Waals surface area (Å²) in [6.07, 6.45) is 4.18. The number of hydrogen-bond donors (Lipinski definition) is 1. The first kappa shape index (κ1) is 13.9. The Morgan fingerprint density at radius 1 is 1.47 bits per heavy atom. The molecule has 19 heavy (non-hydrogen) atoms. The Kier molecular flexibility index (Phi) is 4.81. The number of thiophene rings is 1. The van der Waals surface area contributed by atoms with Crippen molar-refractivity contribution in [2.24, 2.45) is 5.92 Å². The highest BCUT2D eigenvalue weighted by molar-refractivity contribution is 7.15. The molecule has 2 rings (SSSR count). The van der Waals surface area contributed by atoms with Gasteiger partial charge >= 0.3 is 0 Å². The number of rotatable bonds is 5. The zero-order chi connectivity index (χ0) is 13.7. The quantitative estimate of drug-likeness (QED) is 0.859. The molecular formula is C13H15N3OS2. The topological polar surface area (TPSA) is 54.9 Å². The molecule has 0 fully saturated rings. The molecule has 0 spiro atoms. The van der Waals surface area contributed by atoms with E-state index in [0.717, 1.165) is 16.3 Å². The maximum absolute atomic E-state index is 11.7. The summed E-state index contributed by atoms with van der Waals surface area (Å²) in [6, 6.07) is 3.91. The minimum atomic E-state index is -0.180. The lowest BCUT2D eigenvalue weighted by Crippen LogP contribution is -2.07. The fourth-order valence-corrected chi connectivity index (χ4v) is 3.00. The van der Waals surface area contributed by atoms with Crippen molar-refractivity contribution in [3.8, 4) is 0 Å². The van der Waals surface area contributed by atoms with Crippen LogP contribution in [0.4, 0.5) is 5.13 Å². The number of carbonyl (C=O) groups excluding carboxylic acids is 1. The van der Waals surface area contributed by atoms with E-state index in [9.17, 15) is 4.79 Å². The summed E-state index contributed by atoms with van der Waals surface area (Å²) >= 11 is 3.02. The molecule has 1 N–H and O–H groups in total. The molecule has 2 aromatic rings. The van der Waals surface area contributed by atoms with Crippen LogP contribution >= 0.6 is 22.7 Å². The molecule has 6 heteroatoms. The Hall–Kier alpha value is -1.53. The summed E-state index contributed by atoms with van der Waals surface area (Å²) < 4.78 is 0. The van der Waals surface area contributed by atoms with Gasteiger partial charge in [-0.3, -0.25) is 10.1 Å². The van der Waals surface area contributed by atoms with Gasteiger partial charge < -0.3 is 0 Å². The Balaban J connectivity index is 1.90. The summed E-state index contributed by atoms with van der Waals surface area (Å²) in [7, 11) is 0. The molecule has 0 bridgehead atoms. The molecular weight excluding hydrogens is 278 g/mol. The second kappa shape index (κ2) is 6.58. The Morgan fingerprint density at radius 2 is 2.32 bits per heavy atom. The number of amides is 1. The zero-order valence-corrected chi connectivity index (χ0v) is 12.4. The number of hydrogen-bond acceptors (Lipinski definition) is 5. The third-order valence-electron chi connectivity index (χ3n) is 2.22. The SMILES string of the molecule is CC(C)Cc1nnc(NC(=O)/C=C/c2cccs2)s1. The molecule has 0 atom stereocenters. The van der Waals surface area contributed by atoms with E-state index in [2.05, 4.69) is 29.4 Å². The van der Waals surface area contributed by atoms with Gasteiger partial charge in [-0.05, 0) is 23.4 Å². The van der Waals surface area contributed by atoms with E-state index in [-0.39, 0.29) is 5.91 Å². The van der Waals surface area contributed by atoms with E-state index < -0.39 is 0 Å². The van der Waals surface area contributed by atoms with Gasteiger partial charge in [-0.15, -0.1) is 21.5 Å². The second-order valence-corrected chi connectivity index (χ2v) is 6.48. The molecule has 0 unspecified atom stereocenters. The molecule has 1 amide bonds. The van der Waals surface area contributed by atoms with E-state index in [1.165, 1.54) is 17.4 Å². The van der Waals surface area contributed by atoms with Crippen LogP contribution in [0.2, 0.25) is 0 Å². The minimum absolute atomic E-state index is 0.180. The first-order valence-electron chi connectivity index (χ1n) is 5.98. The van der Waals surface area contributed by atoms with Crippen LogP contribution in [-0.4, -0.2) is 16.1 Å². The molecule has 100 valence electrons. The maximum atomic E-state index is 11.7. The van der Waals surface area contributed by atoms with Gasteiger partial charge in [-0.1, -0.05) is 31.3 Å². The first-order valence-corrected chi connectivity index (χ1v) is 7.68. The molecule has 4 nitrogen and oxygen atoms in total. The van der Waals surface area contributed by atoms with Crippen LogP contribution in [0.15, 0.2) is 23.6 Å². The number of nitrogens with zero attached hydrogens (tertiary/aromatic N) is 2. The van der Waals surface area contributed by atoms with Gasteiger partial charge in [0.2, 0.25) is 11.0 Å². The summed E-state index contributed by atoms with van der Waals surface area (Å²) in [6.45, 7) is 4.26. The molecule has 0 aliphatic rings. The van der Waals surface area contributed by atoms with Crippen molar-refractivity contribution in [1.29, 1.82) is 0 Å². The van der Waals surface area contributed by atoms with Crippen LogP contribution in [0.25, 0.3) is 6.08 Å². The second-order valence-electron chi connectivity index (χ2n) is 4.44. The lowest BCUT2D eigenvalue weighted by atomic mass is 10.1. The Morgan fingerprint density at radius 3 is 3.00 bits per heavy atom. The van der Waals surface area contributed by atoms with Crippen LogP contribution in [0.1, 0.15) is 23.7 Å². The molecule has 0 saturated carbocycles. The lowest BCUT2D eigenvalue weighted by molar-refractivity contribution is -0.111. The predicted molar refractivity (Wildman–Crippen MR) is 80.4 cm³/mol. The largest absolute Gasteiger partial charge is 0.297 e. The number of aromatic nitrogens is 2. The Labute approximate surface area is 120 Å². The van der Waals surface area contributed by atoms with Gasteiger partial charge in [-0.25, -0.2) is 0 Å². The summed E-state index contributed by atoms with van der Waals surface area (Å²) in [5.74, 6) is 0.357. The van der Waals surface area contributed by atoms with Gasteiger partial charge in [0.05, 0.1) is 0 Å². The van der Waals surface area contributed by atoms with Crippen LogP contribution in [-0.2, 0) is 11.2 Å². The van der Waals surface area contributed by atoms with Crippen LogP contribution in [0, 0.1) is 5.92 Å². The van der Waals surface area contributed by atoms with Crippen LogP contribution in [0.3, 0.4) is 0 Å². The number of anilines is 1. The van der Waals surface area contributed by atoms with Crippen molar-refractivity contribution in [1.82, 2.24) is 10.2 Å². The Bertz CT molecular complexity index is 558. The highest BCUT2D eigenvalue weighted by atomic mass is 32.1. The van der Waals surface area contributed by atoms with Crippen molar-refractivity contribution in [2.75, 3.05) is 5.32 Å². The fourth-order valence-electron chi connectivity index (χ4n) is 1.43. The fraction of sp³-hybridized carbons (Fsp3) is 0.308. The van der Waals surface area contributed by atoms with Gasteiger partial charge in [0, 0.05) is 17.4 Å². The molecule has 0 aliphatic carbocycles. The van der Waals surface area contributed by atoms with Gasteiger partial charge in [0.25, 0.3) is 0 Å². The van der Waals surface area contributed by atoms with E-state index in [1.807, 2.05) is 17.5 Å². The molecule has 0 radical (unpaired) electrons. The van der Waals surface area contributed by atoms with E-state index in [0.29, 0.717) is 11.0 Å². The standard InChI is InChI=1S/C13H15N3OS2/c1-9(2)8-12-15-16-13(19-12)14-11(17)6-5-10-4-3-7-18-10/h3-7,9H,8H2,1-2H3,(H,14,16,17)/b6-5+. The highest BCUT2D eigenvalue weighted by Gasteiger charge is 2.07. The summed E-state index contributed by atoms with van der Waals surface area (Å²) in [4.78, 5) is 12.7. The third-order valence-corrected chi connectivity index (χ3v) is 3.92. The summed E-state index contributed by atoms with van der Waals surface area (Å²) in [5.41, 5.74) is 0. The third kappa shape index (κ3) is 4.57. The lowest BCUT2D eigenvalue weighted by Gasteiger charge is -1.97. The van der Waals surface area contributed by atoms with E-state index in [1.54, 1.807) is 17.4 Å².